The molecule has 1 saturated heterocycles. The lowest BCUT2D eigenvalue weighted by Gasteiger charge is -2.41. The Morgan fingerprint density at radius 3 is 2.83 bits per heavy atom. The van der Waals surface area contributed by atoms with E-state index in [1.807, 2.05) is 18.2 Å². The van der Waals surface area contributed by atoms with Crippen molar-refractivity contribution in [2.75, 3.05) is 38.7 Å². The Balaban J connectivity index is 2.16. The van der Waals surface area contributed by atoms with E-state index < -0.39 is 5.79 Å². The van der Waals surface area contributed by atoms with Crippen molar-refractivity contribution in [1.82, 2.24) is 4.90 Å². The quantitative estimate of drug-likeness (QED) is 0.616. The van der Waals surface area contributed by atoms with Crippen LogP contribution >= 0.6 is 15.9 Å². The maximum Gasteiger partial charge on any atom is 0.208 e. The second-order valence-electron chi connectivity index (χ2n) is 4.60. The second kappa shape index (κ2) is 6.66. The lowest BCUT2D eigenvalue weighted by atomic mass is 10.0. The minimum Gasteiger partial charge on any atom is -0.345 e. The summed E-state index contributed by atoms with van der Waals surface area (Å²) in [7, 11) is 2.11. The molecule has 4 heteroatoms. The molecule has 0 spiro atoms. The number of ether oxygens (including phenoxy) is 2. The van der Waals surface area contributed by atoms with E-state index in [1.54, 1.807) is 0 Å². The van der Waals surface area contributed by atoms with Crippen LogP contribution in [0.15, 0.2) is 30.3 Å². The van der Waals surface area contributed by atoms with E-state index in [1.165, 1.54) is 0 Å². The fourth-order valence-electron chi connectivity index (χ4n) is 2.18. The molecule has 1 aromatic carbocycles. The molecule has 1 fully saturated rings. The zero-order valence-corrected chi connectivity index (χ0v) is 12.4. The van der Waals surface area contributed by atoms with E-state index >= 15 is 0 Å². The largest absolute Gasteiger partial charge is 0.345 e. The molecular formula is C14H20BrNO2. The minimum atomic E-state index is -0.601. The summed E-state index contributed by atoms with van der Waals surface area (Å²) in [5.41, 5.74) is 1.10. The summed E-state index contributed by atoms with van der Waals surface area (Å²) in [5.74, 6) is -0.601. The highest BCUT2D eigenvalue weighted by molar-refractivity contribution is 9.09. The van der Waals surface area contributed by atoms with Crippen LogP contribution in [-0.2, 0) is 15.3 Å². The van der Waals surface area contributed by atoms with Crippen LogP contribution in [0, 0.1) is 0 Å². The molecule has 0 aliphatic carbocycles. The molecule has 1 aliphatic rings. The van der Waals surface area contributed by atoms with Gasteiger partial charge in [-0.15, -0.1) is 0 Å². The first-order valence-electron chi connectivity index (χ1n) is 6.35. The van der Waals surface area contributed by atoms with E-state index in [0.29, 0.717) is 13.2 Å². The highest BCUT2D eigenvalue weighted by Gasteiger charge is 2.38. The summed E-state index contributed by atoms with van der Waals surface area (Å²) in [5, 5.41) is 0.952. The number of hydrogen-bond acceptors (Lipinski definition) is 3. The van der Waals surface area contributed by atoms with Crippen LogP contribution in [0.5, 0.6) is 0 Å². The van der Waals surface area contributed by atoms with Crippen LogP contribution in [0.4, 0.5) is 0 Å². The minimum absolute atomic E-state index is 0.601. The van der Waals surface area contributed by atoms with Gasteiger partial charge in [0.2, 0.25) is 5.79 Å². The SMILES string of the molecule is CN1CCOC(OCCCBr)(c2ccccc2)C1. The van der Waals surface area contributed by atoms with E-state index in [2.05, 4.69) is 40.0 Å². The molecule has 0 aromatic heterocycles. The van der Waals surface area contributed by atoms with Gasteiger partial charge in [-0.1, -0.05) is 46.3 Å². The Hall–Kier alpha value is -0.420. The Bertz CT molecular complexity index is 360. The molecule has 1 aromatic rings. The van der Waals surface area contributed by atoms with Gasteiger partial charge in [-0.25, -0.2) is 0 Å². The normalized spacial score (nSPS) is 25.2. The van der Waals surface area contributed by atoms with Gasteiger partial charge in [0.1, 0.15) is 0 Å². The van der Waals surface area contributed by atoms with Crippen LogP contribution in [0.2, 0.25) is 0 Å². The number of halogens is 1. The van der Waals surface area contributed by atoms with Crippen molar-refractivity contribution < 1.29 is 9.47 Å². The van der Waals surface area contributed by atoms with Gasteiger partial charge < -0.3 is 9.47 Å². The molecule has 0 saturated carbocycles. The van der Waals surface area contributed by atoms with Gasteiger partial charge in [0, 0.05) is 17.4 Å². The fourth-order valence-corrected chi connectivity index (χ4v) is 2.40. The number of rotatable bonds is 5. The summed E-state index contributed by atoms with van der Waals surface area (Å²) >= 11 is 3.43. The van der Waals surface area contributed by atoms with E-state index in [0.717, 1.165) is 30.4 Å². The summed E-state index contributed by atoms with van der Waals surface area (Å²) in [6.07, 6.45) is 0.988. The molecule has 0 radical (unpaired) electrons. The van der Waals surface area contributed by atoms with Gasteiger partial charge in [0.15, 0.2) is 0 Å². The number of alkyl halides is 1. The summed E-state index contributed by atoms with van der Waals surface area (Å²) in [4.78, 5) is 2.25. The molecule has 2 rings (SSSR count). The predicted octanol–water partition coefficient (Wildman–Crippen LogP) is 2.60. The zero-order valence-electron chi connectivity index (χ0n) is 10.8. The van der Waals surface area contributed by atoms with Crippen LogP contribution in [-0.4, -0.2) is 43.6 Å². The van der Waals surface area contributed by atoms with Crippen molar-refractivity contribution in [3.63, 3.8) is 0 Å². The number of nitrogens with zero attached hydrogens (tertiary/aromatic N) is 1. The van der Waals surface area contributed by atoms with Gasteiger partial charge in [0.25, 0.3) is 0 Å². The molecule has 18 heavy (non-hydrogen) atoms. The van der Waals surface area contributed by atoms with Gasteiger partial charge >= 0.3 is 0 Å². The number of morpholine rings is 1. The molecule has 0 amide bonds. The molecule has 0 N–H and O–H groups in total. The Kier molecular flexibility index (Phi) is 5.18. The molecule has 3 nitrogen and oxygen atoms in total. The molecule has 1 unspecified atom stereocenters. The molecular weight excluding hydrogens is 294 g/mol. The molecule has 0 bridgehead atoms. The Morgan fingerprint density at radius 1 is 1.39 bits per heavy atom. The Labute approximate surface area is 117 Å². The third-order valence-electron chi connectivity index (χ3n) is 3.11. The van der Waals surface area contributed by atoms with Crippen molar-refractivity contribution >= 4 is 15.9 Å². The monoisotopic (exact) mass is 313 g/mol. The zero-order chi connectivity index (χ0) is 12.8. The summed E-state index contributed by atoms with van der Waals surface area (Å²) < 4.78 is 12.1. The highest BCUT2D eigenvalue weighted by Crippen LogP contribution is 2.31. The fraction of sp³-hybridized carbons (Fsp3) is 0.571. The summed E-state index contributed by atoms with van der Waals surface area (Å²) in [6, 6.07) is 10.2. The van der Waals surface area contributed by atoms with Crippen molar-refractivity contribution in [1.29, 1.82) is 0 Å². The number of likely N-dealkylation sites (N-methyl/N-ethyl adjacent to an activating group) is 1. The second-order valence-corrected chi connectivity index (χ2v) is 5.39. The first kappa shape index (κ1) is 14.0. The van der Waals surface area contributed by atoms with Crippen LogP contribution in [0.25, 0.3) is 0 Å². The molecule has 100 valence electrons. The topological polar surface area (TPSA) is 21.7 Å². The number of hydrogen-bond donors (Lipinski definition) is 0. The maximum absolute atomic E-state index is 6.07. The van der Waals surface area contributed by atoms with Crippen molar-refractivity contribution in [3.8, 4) is 0 Å². The van der Waals surface area contributed by atoms with Crippen LogP contribution in [0.3, 0.4) is 0 Å². The third kappa shape index (κ3) is 3.32. The van der Waals surface area contributed by atoms with Gasteiger partial charge in [-0.2, -0.15) is 0 Å². The van der Waals surface area contributed by atoms with Crippen molar-refractivity contribution in [2.24, 2.45) is 0 Å². The van der Waals surface area contributed by atoms with Gasteiger partial charge in [0.05, 0.1) is 19.8 Å². The predicted molar refractivity (Wildman–Crippen MR) is 75.9 cm³/mol. The average Bonchev–Trinajstić information content (AvgIpc) is 2.40. The smallest absolute Gasteiger partial charge is 0.208 e. The Morgan fingerprint density at radius 2 is 2.17 bits per heavy atom. The van der Waals surface area contributed by atoms with Crippen molar-refractivity contribution in [2.45, 2.75) is 12.2 Å². The maximum atomic E-state index is 6.07. The van der Waals surface area contributed by atoms with Gasteiger partial charge in [-0.3, -0.25) is 4.90 Å². The summed E-state index contributed by atoms with van der Waals surface area (Å²) in [6.45, 7) is 3.14. The van der Waals surface area contributed by atoms with Crippen molar-refractivity contribution in [3.05, 3.63) is 35.9 Å². The molecule has 1 heterocycles. The first-order valence-corrected chi connectivity index (χ1v) is 7.47. The average molecular weight is 314 g/mol. The van der Waals surface area contributed by atoms with E-state index in [-0.39, 0.29) is 0 Å². The third-order valence-corrected chi connectivity index (χ3v) is 3.67. The standard InChI is InChI=1S/C14H20BrNO2/c1-16-9-11-18-14(12-16,17-10-5-8-15)13-6-3-2-4-7-13/h2-4,6-7H,5,8-12H2,1H3. The van der Waals surface area contributed by atoms with E-state index in [9.17, 15) is 0 Å². The molecule has 1 aliphatic heterocycles. The van der Waals surface area contributed by atoms with Crippen LogP contribution in [0.1, 0.15) is 12.0 Å². The lowest BCUT2D eigenvalue weighted by Crippen LogP contribution is -2.50. The van der Waals surface area contributed by atoms with Gasteiger partial charge in [-0.05, 0) is 13.5 Å². The lowest BCUT2D eigenvalue weighted by molar-refractivity contribution is -0.274. The number of benzene rings is 1. The molecule has 1 atom stereocenters. The highest BCUT2D eigenvalue weighted by atomic mass is 79.9. The van der Waals surface area contributed by atoms with Crippen LogP contribution < -0.4 is 0 Å². The first-order chi connectivity index (χ1) is 8.77. The van der Waals surface area contributed by atoms with E-state index in [4.69, 9.17) is 9.47 Å².